The Bertz CT molecular complexity index is 1930. The molecule has 290 valence electrons. The summed E-state index contributed by atoms with van der Waals surface area (Å²) in [5, 5.41) is 10.9. The van der Waals surface area contributed by atoms with Gasteiger partial charge in [0.25, 0.3) is 0 Å². The van der Waals surface area contributed by atoms with Crippen LogP contribution in [-0.4, -0.2) is 61.7 Å². The first-order valence-corrected chi connectivity index (χ1v) is 17.8. The molecule has 1 fully saturated rings. The van der Waals surface area contributed by atoms with Crippen LogP contribution in [0.1, 0.15) is 62.4 Å². The lowest BCUT2D eigenvalue weighted by molar-refractivity contribution is -0.155. The van der Waals surface area contributed by atoms with Crippen molar-refractivity contribution in [3.63, 3.8) is 0 Å². The maximum Gasteiger partial charge on any atom is 0.534 e. The van der Waals surface area contributed by atoms with Gasteiger partial charge in [-0.1, -0.05) is 42.5 Å². The molecule has 3 aromatic rings. The van der Waals surface area contributed by atoms with Crippen molar-refractivity contribution in [3.8, 4) is 5.75 Å². The van der Waals surface area contributed by atoms with Gasteiger partial charge in [0, 0.05) is 26.5 Å². The first-order chi connectivity index (χ1) is 25.3. The van der Waals surface area contributed by atoms with Crippen molar-refractivity contribution < 1.29 is 68.7 Å². The number of benzene rings is 3. The summed E-state index contributed by atoms with van der Waals surface area (Å²) in [6, 6.07) is 16.2. The van der Waals surface area contributed by atoms with Crippen LogP contribution in [0.4, 0.5) is 23.2 Å². The van der Waals surface area contributed by atoms with E-state index in [9.17, 15) is 50.3 Å². The van der Waals surface area contributed by atoms with E-state index in [1.165, 1.54) is 54.3 Å². The molecule has 12 nitrogen and oxygen atoms in total. The predicted octanol–water partition coefficient (Wildman–Crippen LogP) is 5.80. The summed E-state index contributed by atoms with van der Waals surface area (Å²) in [4.78, 5) is 49.6. The van der Waals surface area contributed by atoms with E-state index in [0.717, 1.165) is 31.5 Å². The van der Waals surface area contributed by atoms with Crippen LogP contribution in [-0.2, 0) is 49.9 Å². The van der Waals surface area contributed by atoms with Crippen LogP contribution < -0.4 is 9.08 Å². The van der Waals surface area contributed by atoms with Crippen LogP contribution in [0, 0.1) is 11.7 Å². The molecule has 1 saturated heterocycles. The third-order valence-corrected chi connectivity index (χ3v) is 9.24. The molecule has 0 aliphatic carbocycles. The number of rotatable bonds is 16. The van der Waals surface area contributed by atoms with Crippen molar-refractivity contribution in [1.29, 1.82) is 0 Å². The average molecular weight is 780 g/mol. The molecular weight excluding hydrogens is 742 g/mol. The van der Waals surface area contributed by atoms with E-state index in [1.54, 1.807) is 30.3 Å². The lowest BCUT2D eigenvalue weighted by Gasteiger charge is -2.48. The standard InChI is InChI=1S/C37H37F4NO11S/c1-23(43)50-21-36(47,22-51-24(2)44)20-4-5-26-6-8-28(9-7-26)34-32(18-19-33(52-25(3)45)27-10-12-29(38)13-11-27)35(46)42(34)30-14-16-31(17-15-30)53-54(48,49)37(39,40)41/h4,6-17,20,32-34,47H,5,18-19,21-22H2,1-3H3/b20-4+/t32-,33+,34-/m1/s1. The summed E-state index contributed by atoms with van der Waals surface area (Å²) in [5.41, 5.74) is -5.27. The minimum Gasteiger partial charge on any atom is -0.462 e. The molecule has 17 heteroatoms. The van der Waals surface area contributed by atoms with E-state index in [1.807, 2.05) is 0 Å². The molecule has 54 heavy (non-hydrogen) atoms. The van der Waals surface area contributed by atoms with Gasteiger partial charge in [-0.15, -0.1) is 0 Å². The minimum absolute atomic E-state index is 0.181. The number of alkyl halides is 3. The number of β-lactam (4-membered cyclic amide) rings is 1. The number of allylic oxidation sites excluding steroid dienone is 1. The minimum atomic E-state index is -5.93. The number of hydrogen-bond donors (Lipinski definition) is 1. The van der Waals surface area contributed by atoms with Gasteiger partial charge in [0.2, 0.25) is 5.91 Å². The highest BCUT2D eigenvalue weighted by Crippen LogP contribution is 2.47. The third kappa shape index (κ3) is 10.9. The number of ether oxygens (including phenoxy) is 3. The monoisotopic (exact) mass is 779 g/mol. The first kappa shape index (κ1) is 41.5. The number of anilines is 1. The molecule has 1 aliphatic heterocycles. The molecule has 0 bridgehead atoms. The molecule has 1 amide bonds. The van der Waals surface area contributed by atoms with E-state index in [-0.39, 0.29) is 30.9 Å². The fourth-order valence-electron chi connectivity index (χ4n) is 5.69. The van der Waals surface area contributed by atoms with Gasteiger partial charge in [-0.25, -0.2) is 4.39 Å². The number of hydrogen-bond acceptors (Lipinski definition) is 11. The molecule has 0 radical (unpaired) electrons. The molecule has 0 unspecified atom stereocenters. The first-order valence-electron chi connectivity index (χ1n) is 16.4. The van der Waals surface area contributed by atoms with Crippen LogP contribution in [0.15, 0.2) is 84.9 Å². The maximum atomic E-state index is 13.7. The number of halogens is 4. The number of carbonyl (C=O) groups is 4. The van der Waals surface area contributed by atoms with Gasteiger partial charge in [-0.2, -0.15) is 21.6 Å². The fourth-order valence-corrected chi connectivity index (χ4v) is 6.15. The van der Waals surface area contributed by atoms with E-state index in [4.69, 9.17) is 14.2 Å². The summed E-state index contributed by atoms with van der Waals surface area (Å²) in [7, 11) is -5.93. The van der Waals surface area contributed by atoms with Crippen molar-refractivity contribution in [3.05, 3.63) is 107 Å². The molecular formula is C37H37F4NO11S. The molecule has 1 N–H and O–H groups in total. The van der Waals surface area contributed by atoms with Gasteiger partial charge in [0.15, 0.2) is 5.60 Å². The number of esters is 3. The Balaban J connectivity index is 1.59. The summed E-state index contributed by atoms with van der Waals surface area (Å²) in [6.07, 6.45) is 2.81. The molecule has 1 heterocycles. The Morgan fingerprint density at radius 1 is 0.870 bits per heavy atom. The summed E-state index contributed by atoms with van der Waals surface area (Å²) >= 11 is 0. The van der Waals surface area contributed by atoms with Crippen LogP contribution in [0.5, 0.6) is 5.75 Å². The number of carbonyl (C=O) groups excluding carboxylic acids is 4. The van der Waals surface area contributed by atoms with Crippen LogP contribution in [0.25, 0.3) is 0 Å². The second-order valence-corrected chi connectivity index (χ2v) is 14.0. The van der Waals surface area contributed by atoms with Gasteiger partial charge in [0.1, 0.15) is 30.9 Å². The highest BCUT2D eigenvalue weighted by atomic mass is 32.2. The largest absolute Gasteiger partial charge is 0.534 e. The fraction of sp³-hybridized carbons (Fsp3) is 0.351. The summed E-state index contributed by atoms with van der Waals surface area (Å²) in [6.45, 7) is 2.64. The zero-order chi connectivity index (χ0) is 39.8. The smallest absolute Gasteiger partial charge is 0.462 e. The Morgan fingerprint density at radius 2 is 1.44 bits per heavy atom. The average Bonchev–Trinajstić information content (AvgIpc) is 3.09. The van der Waals surface area contributed by atoms with Crippen molar-refractivity contribution in [2.45, 2.75) is 63.3 Å². The maximum absolute atomic E-state index is 13.7. The van der Waals surface area contributed by atoms with Crippen LogP contribution >= 0.6 is 0 Å². The van der Waals surface area contributed by atoms with E-state index in [2.05, 4.69) is 4.18 Å². The second-order valence-electron chi connectivity index (χ2n) is 12.5. The molecule has 0 saturated carbocycles. The lowest BCUT2D eigenvalue weighted by Crippen LogP contribution is -2.55. The van der Waals surface area contributed by atoms with Crippen molar-refractivity contribution >= 4 is 39.6 Å². The topological polar surface area (TPSA) is 163 Å². The van der Waals surface area contributed by atoms with Crippen molar-refractivity contribution in [2.24, 2.45) is 5.92 Å². The summed E-state index contributed by atoms with van der Waals surface area (Å²) in [5.74, 6) is -4.02. The van der Waals surface area contributed by atoms with Gasteiger partial charge >= 0.3 is 33.5 Å². The summed E-state index contributed by atoms with van der Waals surface area (Å²) < 4.78 is 94.7. The number of amides is 1. The Kier molecular flexibility index (Phi) is 13.2. The van der Waals surface area contributed by atoms with E-state index < -0.39 is 82.0 Å². The van der Waals surface area contributed by atoms with Gasteiger partial charge in [-0.3, -0.25) is 19.2 Å². The molecule has 3 aromatic carbocycles. The van der Waals surface area contributed by atoms with Gasteiger partial charge < -0.3 is 28.4 Å². The Labute approximate surface area is 308 Å². The highest BCUT2D eigenvalue weighted by molar-refractivity contribution is 7.88. The van der Waals surface area contributed by atoms with Crippen LogP contribution in [0.3, 0.4) is 0 Å². The van der Waals surface area contributed by atoms with Crippen molar-refractivity contribution in [2.75, 3.05) is 18.1 Å². The van der Waals surface area contributed by atoms with E-state index >= 15 is 0 Å². The quantitative estimate of drug-likeness (QED) is 0.0356. The third-order valence-electron chi connectivity index (χ3n) is 8.26. The molecule has 0 aromatic heterocycles. The number of nitrogens with zero attached hydrogens (tertiary/aromatic N) is 1. The Morgan fingerprint density at radius 3 is 1.96 bits per heavy atom. The van der Waals surface area contributed by atoms with Crippen LogP contribution in [0.2, 0.25) is 0 Å². The molecule has 1 aliphatic rings. The molecule has 0 spiro atoms. The zero-order valence-electron chi connectivity index (χ0n) is 29.2. The SMILES string of the molecule is CC(=O)OCC(O)(/C=C/Cc1ccc([C@@H]2[C@@H](CC[C@H](OC(C)=O)c3ccc(F)cc3)C(=O)N2c2ccc(OS(=O)(=O)C(F)(F)F)cc2)cc1)COC(C)=O. The van der Waals surface area contributed by atoms with Gasteiger partial charge in [-0.05, 0) is 78.4 Å². The molecule has 3 atom stereocenters. The predicted molar refractivity (Wildman–Crippen MR) is 183 cm³/mol. The Hall–Kier alpha value is -5.29. The zero-order valence-corrected chi connectivity index (χ0v) is 30.1. The van der Waals surface area contributed by atoms with Crippen molar-refractivity contribution in [1.82, 2.24) is 0 Å². The molecule has 4 rings (SSSR count). The second kappa shape index (κ2) is 17.2. The van der Waals surface area contributed by atoms with Gasteiger partial charge in [0.05, 0.1) is 12.0 Å². The number of aliphatic hydroxyl groups is 1. The highest BCUT2D eigenvalue weighted by Gasteiger charge is 2.50. The lowest BCUT2D eigenvalue weighted by atomic mass is 9.78. The normalized spacial score (nSPS) is 16.7. The van der Waals surface area contributed by atoms with E-state index in [0.29, 0.717) is 11.1 Å².